The van der Waals surface area contributed by atoms with Crippen molar-refractivity contribution in [2.45, 2.75) is 31.6 Å². The third-order valence-electron chi connectivity index (χ3n) is 4.67. The first-order valence-electron chi connectivity index (χ1n) is 8.64. The van der Waals surface area contributed by atoms with Gasteiger partial charge >= 0.3 is 0 Å². The first-order chi connectivity index (χ1) is 12.5. The van der Waals surface area contributed by atoms with Crippen molar-refractivity contribution in [3.63, 3.8) is 0 Å². The van der Waals surface area contributed by atoms with Crippen LogP contribution in [0, 0.1) is 13.8 Å². The highest BCUT2D eigenvalue weighted by Crippen LogP contribution is 2.33. The molecule has 1 aliphatic carbocycles. The molecule has 0 amide bonds. The number of allylic oxidation sites excluding steroid dienone is 1. The lowest BCUT2D eigenvalue weighted by atomic mass is 9.99. The van der Waals surface area contributed by atoms with Crippen molar-refractivity contribution in [2.24, 2.45) is 0 Å². The van der Waals surface area contributed by atoms with E-state index in [1.165, 1.54) is 4.09 Å². The molecule has 0 aliphatic heterocycles. The highest BCUT2D eigenvalue weighted by Gasteiger charge is 2.27. The number of hydrogen-bond acceptors (Lipinski definition) is 3. The molecule has 0 fully saturated rings. The fraction of sp³-hybridized carbons (Fsp3) is 0.190. The Hall–Kier alpha value is -2.66. The summed E-state index contributed by atoms with van der Waals surface area (Å²) in [6, 6.07) is 14.8. The molecule has 4 nitrogen and oxygen atoms in total. The number of hydrogen-bond donors (Lipinski definition) is 0. The van der Waals surface area contributed by atoms with Crippen LogP contribution in [-0.4, -0.2) is 17.6 Å². The predicted molar refractivity (Wildman–Crippen MR) is 104 cm³/mol. The predicted octanol–water partition coefficient (Wildman–Crippen LogP) is 4.36. The molecule has 0 unspecified atom stereocenters. The van der Waals surface area contributed by atoms with E-state index in [0.717, 1.165) is 40.8 Å². The van der Waals surface area contributed by atoms with Crippen molar-refractivity contribution >= 4 is 16.1 Å². The van der Waals surface area contributed by atoms with Crippen molar-refractivity contribution in [2.75, 3.05) is 0 Å². The highest BCUT2D eigenvalue weighted by atomic mass is 32.2. The summed E-state index contributed by atoms with van der Waals surface area (Å²) in [5.41, 5.74) is 5.37. The maximum atomic E-state index is 13.3. The van der Waals surface area contributed by atoms with Gasteiger partial charge in [-0.2, -0.15) is 17.6 Å². The zero-order valence-electron chi connectivity index (χ0n) is 14.8. The monoisotopic (exact) mass is 364 g/mol. The maximum Gasteiger partial charge on any atom is 0.283 e. The van der Waals surface area contributed by atoms with Gasteiger partial charge in [-0.3, -0.25) is 0 Å². The molecule has 1 heterocycles. The Morgan fingerprint density at radius 1 is 0.923 bits per heavy atom. The molecule has 3 aromatic rings. The number of aryl methyl sites for hydroxylation is 3. The third-order valence-corrected chi connectivity index (χ3v) is 6.26. The minimum Gasteiger partial charge on any atom is -0.199 e. The molecule has 1 aromatic heterocycles. The maximum absolute atomic E-state index is 13.3. The molecule has 0 spiro atoms. The molecule has 5 heteroatoms. The van der Waals surface area contributed by atoms with Crippen LogP contribution in [0.2, 0.25) is 0 Å². The molecular formula is C21H20N2O2S. The minimum absolute atomic E-state index is 0.250. The second-order valence-corrected chi connectivity index (χ2v) is 8.44. The van der Waals surface area contributed by atoms with Gasteiger partial charge in [-0.1, -0.05) is 59.7 Å². The van der Waals surface area contributed by atoms with Crippen LogP contribution in [0.15, 0.2) is 59.5 Å². The zero-order chi connectivity index (χ0) is 18.3. The van der Waals surface area contributed by atoms with Crippen LogP contribution in [0.5, 0.6) is 0 Å². The van der Waals surface area contributed by atoms with Gasteiger partial charge < -0.3 is 0 Å². The first-order valence-corrected chi connectivity index (χ1v) is 10.1. The van der Waals surface area contributed by atoms with Crippen LogP contribution >= 0.6 is 0 Å². The van der Waals surface area contributed by atoms with Gasteiger partial charge in [0.25, 0.3) is 10.0 Å². The molecule has 132 valence electrons. The van der Waals surface area contributed by atoms with E-state index in [0.29, 0.717) is 5.69 Å². The van der Waals surface area contributed by atoms with E-state index in [4.69, 9.17) is 0 Å². The average molecular weight is 364 g/mol. The SMILES string of the molecule is Cc1ccc(-c2c3c(nn2S(=O)(=O)c2ccc(C)cc2)CCC=C3)cc1. The van der Waals surface area contributed by atoms with Gasteiger partial charge in [0.15, 0.2) is 0 Å². The molecule has 1 aliphatic rings. The normalized spacial score (nSPS) is 13.6. The van der Waals surface area contributed by atoms with E-state index in [-0.39, 0.29) is 4.90 Å². The lowest BCUT2D eigenvalue weighted by Gasteiger charge is -2.11. The van der Waals surface area contributed by atoms with E-state index in [9.17, 15) is 8.42 Å². The number of aromatic nitrogens is 2. The van der Waals surface area contributed by atoms with Crippen molar-refractivity contribution in [3.05, 3.63) is 77.0 Å². The van der Waals surface area contributed by atoms with Gasteiger partial charge in [-0.05, 0) is 38.8 Å². The Labute approximate surface area is 153 Å². The molecule has 0 bridgehead atoms. The summed E-state index contributed by atoms with van der Waals surface area (Å²) in [4.78, 5) is 0.250. The number of benzene rings is 2. The number of nitrogens with zero attached hydrogens (tertiary/aromatic N) is 2. The van der Waals surface area contributed by atoms with Crippen LogP contribution in [0.4, 0.5) is 0 Å². The van der Waals surface area contributed by atoms with Gasteiger partial charge in [-0.25, -0.2) is 0 Å². The van der Waals surface area contributed by atoms with E-state index in [2.05, 4.69) is 11.2 Å². The first kappa shape index (κ1) is 16.8. The van der Waals surface area contributed by atoms with Crippen molar-refractivity contribution in [3.8, 4) is 11.3 Å². The second-order valence-electron chi connectivity index (χ2n) is 6.68. The van der Waals surface area contributed by atoms with E-state index in [1.807, 2.05) is 56.3 Å². The lowest BCUT2D eigenvalue weighted by Crippen LogP contribution is -2.16. The summed E-state index contributed by atoms with van der Waals surface area (Å²) in [5, 5.41) is 4.50. The molecule has 0 radical (unpaired) electrons. The van der Waals surface area contributed by atoms with Gasteiger partial charge in [0.1, 0.15) is 0 Å². The van der Waals surface area contributed by atoms with Gasteiger partial charge in [0.2, 0.25) is 0 Å². The van der Waals surface area contributed by atoms with E-state index >= 15 is 0 Å². The van der Waals surface area contributed by atoms with Gasteiger partial charge in [0.05, 0.1) is 16.3 Å². The quantitative estimate of drug-likeness (QED) is 0.694. The Balaban J connectivity index is 1.97. The van der Waals surface area contributed by atoms with Crippen molar-refractivity contribution in [1.82, 2.24) is 9.19 Å². The van der Waals surface area contributed by atoms with E-state index < -0.39 is 10.0 Å². The number of fused-ring (bicyclic) bond motifs is 1. The molecule has 0 atom stereocenters. The summed E-state index contributed by atoms with van der Waals surface area (Å²) in [5.74, 6) is 0. The van der Waals surface area contributed by atoms with Crippen LogP contribution in [0.3, 0.4) is 0 Å². The molecule has 2 aromatic carbocycles. The smallest absolute Gasteiger partial charge is 0.199 e. The third kappa shape index (κ3) is 2.78. The minimum atomic E-state index is -3.77. The summed E-state index contributed by atoms with van der Waals surface area (Å²) < 4.78 is 27.8. The van der Waals surface area contributed by atoms with Crippen molar-refractivity contribution in [1.29, 1.82) is 0 Å². The Morgan fingerprint density at radius 2 is 1.54 bits per heavy atom. The van der Waals surface area contributed by atoms with Crippen LogP contribution in [0.25, 0.3) is 17.3 Å². The Morgan fingerprint density at radius 3 is 2.19 bits per heavy atom. The molecule has 0 saturated heterocycles. The number of rotatable bonds is 3. The fourth-order valence-corrected chi connectivity index (χ4v) is 4.53. The zero-order valence-corrected chi connectivity index (χ0v) is 15.6. The summed E-state index contributed by atoms with van der Waals surface area (Å²) in [6.07, 6.45) is 5.69. The van der Waals surface area contributed by atoms with Crippen LogP contribution < -0.4 is 0 Å². The van der Waals surface area contributed by atoms with E-state index in [1.54, 1.807) is 12.1 Å². The summed E-state index contributed by atoms with van der Waals surface area (Å²) in [6.45, 7) is 3.95. The molecular weight excluding hydrogens is 344 g/mol. The highest BCUT2D eigenvalue weighted by molar-refractivity contribution is 7.90. The molecule has 4 rings (SSSR count). The molecule has 0 N–H and O–H groups in total. The summed E-state index contributed by atoms with van der Waals surface area (Å²) >= 11 is 0. The second kappa shape index (κ2) is 6.25. The van der Waals surface area contributed by atoms with Crippen LogP contribution in [-0.2, 0) is 16.4 Å². The Bertz CT molecular complexity index is 1090. The molecule has 26 heavy (non-hydrogen) atoms. The van der Waals surface area contributed by atoms with Gasteiger partial charge in [0, 0.05) is 11.1 Å². The fourth-order valence-electron chi connectivity index (χ4n) is 3.20. The van der Waals surface area contributed by atoms with Crippen molar-refractivity contribution < 1.29 is 8.42 Å². The average Bonchev–Trinajstić information content (AvgIpc) is 3.03. The lowest BCUT2D eigenvalue weighted by molar-refractivity contribution is 0.580. The topological polar surface area (TPSA) is 52.0 Å². The van der Waals surface area contributed by atoms with Crippen LogP contribution in [0.1, 0.15) is 28.8 Å². The summed E-state index contributed by atoms with van der Waals surface area (Å²) in [7, 11) is -3.77. The Kier molecular flexibility index (Phi) is 4.04. The standard InChI is InChI=1S/C21H20N2O2S/c1-15-7-11-17(12-8-15)21-19-5-3-4-6-20(19)22-23(21)26(24,25)18-13-9-16(2)10-14-18/h3,5,7-14H,4,6H2,1-2H3. The molecule has 0 saturated carbocycles. The largest absolute Gasteiger partial charge is 0.283 e. The van der Waals surface area contributed by atoms with Gasteiger partial charge in [-0.15, -0.1) is 0 Å².